The van der Waals surface area contributed by atoms with Crippen LogP contribution in [0, 0.1) is 0 Å². The Labute approximate surface area is 110 Å². The summed E-state index contributed by atoms with van der Waals surface area (Å²) in [6, 6.07) is 0.792. The minimum absolute atomic E-state index is 0.0102. The van der Waals surface area contributed by atoms with Crippen LogP contribution in [0.2, 0.25) is 0 Å². The van der Waals surface area contributed by atoms with Crippen LogP contribution >= 0.6 is 0 Å². The lowest BCUT2D eigenvalue weighted by Crippen LogP contribution is -2.48. The lowest BCUT2D eigenvalue weighted by Gasteiger charge is -2.21. The van der Waals surface area contributed by atoms with Crippen LogP contribution < -0.4 is 16.0 Å². The van der Waals surface area contributed by atoms with Gasteiger partial charge < -0.3 is 20.9 Å². The molecule has 2 fully saturated rings. The lowest BCUT2D eigenvalue weighted by molar-refractivity contribution is 0.230. The summed E-state index contributed by atoms with van der Waals surface area (Å²) < 4.78 is 0. The average molecular weight is 254 g/mol. The minimum Gasteiger partial charge on any atom is -0.337 e. The molecule has 5 nitrogen and oxygen atoms in total. The second-order valence-electron chi connectivity index (χ2n) is 5.53. The highest BCUT2D eigenvalue weighted by Crippen LogP contribution is 2.13. The third kappa shape index (κ3) is 4.14. The highest BCUT2D eigenvalue weighted by molar-refractivity contribution is 5.74. The van der Waals surface area contributed by atoms with Gasteiger partial charge in [0.25, 0.3) is 0 Å². The quantitative estimate of drug-likeness (QED) is 0.688. The highest BCUT2D eigenvalue weighted by Gasteiger charge is 2.21. The van der Waals surface area contributed by atoms with E-state index in [1.807, 2.05) is 0 Å². The Morgan fingerprint density at radius 2 is 2.22 bits per heavy atom. The summed E-state index contributed by atoms with van der Waals surface area (Å²) in [6.07, 6.45) is 5.94. The van der Waals surface area contributed by atoms with Gasteiger partial charge in [0.2, 0.25) is 0 Å². The summed E-state index contributed by atoms with van der Waals surface area (Å²) in [5.74, 6) is 0. The monoisotopic (exact) mass is 254 g/mol. The van der Waals surface area contributed by atoms with E-state index < -0.39 is 0 Å². The Bertz CT molecular complexity index is 264. The van der Waals surface area contributed by atoms with Gasteiger partial charge in [-0.25, -0.2) is 4.79 Å². The molecule has 0 saturated carbocycles. The Morgan fingerprint density at radius 3 is 3.00 bits per heavy atom. The smallest absolute Gasteiger partial charge is 0.315 e. The zero-order chi connectivity index (χ0) is 12.8. The first kappa shape index (κ1) is 13.6. The molecular weight excluding hydrogens is 228 g/mol. The van der Waals surface area contributed by atoms with Crippen molar-refractivity contribution in [1.29, 1.82) is 0 Å². The fourth-order valence-electron chi connectivity index (χ4n) is 2.83. The minimum atomic E-state index is -0.0102. The summed E-state index contributed by atoms with van der Waals surface area (Å²) in [7, 11) is 2.13. The van der Waals surface area contributed by atoms with Crippen molar-refractivity contribution in [3.63, 3.8) is 0 Å². The van der Waals surface area contributed by atoms with Gasteiger partial charge in [-0.05, 0) is 45.8 Å². The first-order chi connectivity index (χ1) is 8.75. The van der Waals surface area contributed by atoms with E-state index in [1.165, 1.54) is 25.7 Å². The maximum Gasteiger partial charge on any atom is 0.315 e. The van der Waals surface area contributed by atoms with Crippen molar-refractivity contribution < 1.29 is 4.79 Å². The third-order valence-corrected chi connectivity index (χ3v) is 4.05. The fraction of sp³-hybridized carbons (Fsp3) is 0.923. The van der Waals surface area contributed by atoms with E-state index in [9.17, 15) is 4.79 Å². The summed E-state index contributed by atoms with van der Waals surface area (Å²) in [4.78, 5) is 14.1. The fourth-order valence-corrected chi connectivity index (χ4v) is 2.83. The van der Waals surface area contributed by atoms with E-state index in [0.29, 0.717) is 6.04 Å². The second-order valence-corrected chi connectivity index (χ2v) is 5.53. The summed E-state index contributed by atoms with van der Waals surface area (Å²) in [5.41, 5.74) is 0. The molecule has 2 amide bonds. The molecule has 0 bridgehead atoms. The number of carbonyl (C=O) groups excluding carboxylic acids is 1. The molecule has 0 aromatic rings. The highest BCUT2D eigenvalue weighted by atomic mass is 16.2. The second kappa shape index (κ2) is 6.95. The van der Waals surface area contributed by atoms with Gasteiger partial charge in [-0.1, -0.05) is 6.42 Å². The molecule has 0 radical (unpaired) electrons. The molecule has 3 N–H and O–H groups in total. The number of carbonyl (C=O) groups is 1. The van der Waals surface area contributed by atoms with Crippen molar-refractivity contribution in [2.75, 3.05) is 33.2 Å². The first-order valence-corrected chi connectivity index (χ1v) is 7.21. The maximum absolute atomic E-state index is 11.8. The topological polar surface area (TPSA) is 56.4 Å². The molecule has 2 heterocycles. The van der Waals surface area contributed by atoms with Crippen molar-refractivity contribution in [2.45, 2.75) is 44.2 Å². The van der Waals surface area contributed by atoms with Gasteiger partial charge in [0.05, 0.1) is 0 Å². The molecule has 5 heteroatoms. The van der Waals surface area contributed by atoms with Crippen LogP contribution in [-0.4, -0.2) is 56.2 Å². The molecule has 0 aromatic carbocycles. The predicted octanol–water partition coefficient (Wildman–Crippen LogP) is 0.522. The Morgan fingerprint density at radius 1 is 1.33 bits per heavy atom. The zero-order valence-electron chi connectivity index (χ0n) is 11.4. The number of hydrogen-bond acceptors (Lipinski definition) is 3. The number of nitrogens with one attached hydrogen (secondary N) is 3. The third-order valence-electron chi connectivity index (χ3n) is 4.05. The molecule has 0 spiro atoms. The summed E-state index contributed by atoms with van der Waals surface area (Å²) in [6.45, 7) is 3.90. The van der Waals surface area contributed by atoms with Gasteiger partial charge in [0.1, 0.15) is 0 Å². The van der Waals surface area contributed by atoms with Crippen LogP contribution in [0.15, 0.2) is 0 Å². The van der Waals surface area contributed by atoms with Gasteiger partial charge in [-0.3, -0.25) is 0 Å². The number of nitrogens with zero attached hydrogens (tertiary/aromatic N) is 1. The standard InChI is InChI=1S/C13H26N4O/c1-17-8-4-6-12(17)10-15-13(18)16-11-5-2-3-7-14-9-11/h11-12,14H,2-10H2,1H3,(H2,15,16,18). The first-order valence-electron chi connectivity index (χ1n) is 7.21. The molecule has 104 valence electrons. The predicted molar refractivity (Wildman–Crippen MR) is 72.7 cm³/mol. The molecular formula is C13H26N4O. The van der Waals surface area contributed by atoms with Crippen LogP contribution in [0.25, 0.3) is 0 Å². The van der Waals surface area contributed by atoms with Crippen LogP contribution in [-0.2, 0) is 0 Å². The van der Waals surface area contributed by atoms with Gasteiger partial charge in [0.15, 0.2) is 0 Å². The van der Waals surface area contributed by atoms with Crippen LogP contribution in [0.1, 0.15) is 32.1 Å². The maximum atomic E-state index is 11.8. The van der Waals surface area contributed by atoms with E-state index in [4.69, 9.17) is 0 Å². The van der Waals surface area contributed by atoms with Gasteiger partial charge in [-0.2, -0.15) is 0 Å². The Balaban J connectivity index is 1.64. The molecule has 2 unspecified atom stereocenters. The van der Waals surface area contributed by atoms with Crippen molar-refractivity contribution in [3.8, 4) is 0 Å². The van der Waals surface area contributed by atoms with Crippen LogP contribution in [0.3, 0.4) is 0 Å². The van der Waals surface area contributed by atoms with Crippen LogP contribution in [0.4, 0.5) is 4.79 Å². The van der Waals surface area contributed by atoms with Crippen LogP contribution in [0.5, 0.6) is 0 Å². The molecule has 0 aliphatic carbocycles. The average Bonchev–Trinajstić information content (AvgIpc) is 2.61. The van der Waals surface area contributed by atoms with Gasteiger partial charge in [0, 0.05) is 25.2 Å². The molecule has 2 rings (SSSR count). The summed E-state index contributed by atoms with van der Waals surface area (Å²) in [5, 5.41) is 9.43. The van der Waals surface area contributed by atoms with E-state index in [0.717, 1.165) is 32.6 Å². The van der Waals surface area contributed by atoms with Crippen molar-refractivity contribution in [3.05, 3.63) is 0 Å². The van der Waals surface area contributed by atoms with Crippen molar-refractivity contribution in [1.82, 2.24) is 20.9 Å². The molecule has 2 atom stereocenters. The van der Waals surface area contributed by atoms with Gasteiger partial charge in [-0.15, -0.1) is 0 Å². The number of hydrogen-bond donors (Lipinski definition) is 3. The zero-order valence-corrected chi connectivity index (χ0v) is 11.4. The molecule has 2 aliphatic rings. The van der Waals surface area contributed by atoms with E-state index in [1.54, 1.807) is 0 Å². The molecule has 18 heavy (non-hydrogen) atoms. The number of urea groups is 1. The number of rotatable bonds is 3. The number of amides is 2. The SMILES string of the molecule is CN1CCCC1CNC(=O)NC1CCCCNC1. The largest absolute Gasteiger partial charge is 0.337 e. The normalized spacial score (nSPS) is 29.8. The van der Waals surface area contributed by atoms with Crippen molar-refractivity contribution in [2.24, 2.45) is 0 Å². The van der Waals surface area contributed by atoms with E-state index in [-0.39, 0.29) is 12.1 Å². The Kier molecular flexibility index (Phi) is 5.26. The van der Waals surface area contributed by atoms with Gasteiger partial charge >= 0.3 is 6.03 Å². The number of likely N-dealkylation sites (N-methyl/N-ethyl adjacent to an activating group) is 1. The van der Waals surface area contributed by atoms with Crippen molar-refractivity contribution >= 4 is 6.03 Å². The number of likely N-dealkylation sites (tertiary alicyclic amines) is 1. The molecule has 2 saturated heterocycles. The van der Waals surface area contributed by atoms with E-state index in [2.05, 4.69) is 27.9 Å². The Hall–Kier alpha value is -0.810. The van der Waals surface area contributed by atoms with E-state index >= 15 is 0 Å². The molecule has 2 aliphatic heterocycles. The molecule has 0 aromatic heterocycles. The summed E-state index contributed by atoms with van der Waals surface area (Å²) >= 11 is 0. The lowest BCUT2D eigenvalue weighted by atomic mass is 10.1.